The molecular formula is C24H26ClN5O2. The first-order valence-electron chi connectivity index (χ1n) is 11.3. The molecule has 2 heterocycles. The molecule has 7 nitrogen and oxygen atoms in total. The lowest BCUT2D eigenvalue weighted by Gasteiger charge is -2.13. The van der Waals surface area contributed by atoms with E-state index < -0.39 is 5.92 Å². The predicted molar refractivity (Wildman–Crippen MR) is 123 cm³/mol. The van der Waals surface area contributed by atoms with Gasteiger partial charge in [-0.25, -0.2) is 4.98 Å². The molecule has 1 unspecified atom stereocenters. The number of nitrogens with one attached hydrogen (secondary N) is 1. The first-order chi connectivity index (χ1) is 15.5. The summed E-state index contributed by atoms with van der Waals surface area (Å²) in [5, 5.41) is 9.43. The summed E-state index contributed by atoms with van der Waals surface area (Å²) in [5.41, 5.74) is 3.19. The van der Waals surface area contributed by atoms with Crippen molar-refractivity contribution in [1.29, 1.82) is 0 Å². The summed E-state index contributed by atoms with van der Waals surface area (Å²) < 4.78 is 2.01. The van der Waals surface area contributed by atoms with E-state index in [0.29, 0.717) is 54.2 Å². The Bertz CT molecular complexity index is 1200. The SMILES string of the molecule is CC(=O)CCCNc1nc(C2C(=O)Cc3ccc(Cl)cc32)c2cn(C3CCCC3)nc2n1. The summed E-state index contributed by atoms with van der Waals surface area (Å²) >= 11 is 6.27. The van der Waals surface area contributed by atoms with Crippen molar-refractivity contribution in [2.45, 2.75) is 63.8 Å². The third-order valence-corrected chi connectivity index (χ3v) is 6.73. The van der Waals surface area contributed by atoms with Gasteiger partial charge in [0.2, 0.25) is 5.95 Å². The molecule has 2 aliphatic carbocycles. The second-order valence-corrected chi connectivity index (χ2v) is 9.31. The van der Waals surface area contributed by atoms with E-state index in [0.717, 1.165) is 29.4 Å². The van der Waals surface area contributed by atoms with Crippen molar-refractivity contribution in [2.75, 3.05) is 11.9 Å². The zero-order valence-corrected chi connectivity index (χ0v) is 18.9. The molecule has 166 valence electrons. The number of nitrogens with zero attached hydrogens (tertiary/aromatic N) is 4. The number of aromatic nitrogens is 4. The van der Waals surface area contributed by atoms with Crippen LogP contribution in [0.3, 0.4) is 0 Å². The minimum absolute atomic E-state index is 0.110. The zero-order valence-electron chi connectivity index (χ0n) is 18.1. The molecule has 1 atom stereocenters. The topological polar surface area (TPSA) is 89.8 Å². The van der Waals surface area contributed by atoms with Gasteiger partial charge >= 0.3 is 0 Å². The monoisotopic (exact) mass is 451 g/mol. The largest absolute Gasteiger partial charge is 0.354 e. The number of anilines is 1. The maximum Gasteiger partial charge on any atom is 0.225 e. The molecule has 1 saturated carbocycles. The number of benzene rings is 1. The number of carbonyl (C=O) groups is 2. The van der Waals surface area contributed by atoms with Crippen molar-refractivity contribution in [2.24, 2.45) is 0 Å². The van der Waals surface area contributed by atoms with Gasteiger partial charge in [-0.2, -0.15) is 10.1 Å². The van der Waals surface area contributed by atoms with Gasteiger partial charge in [0, 0.05) is 30.6 Å². The predicted octanol–water partition coefficient (Wildman–Crippen LogP) is 4.63. The quantitative estimate of drug-likeness (QED) is 0.526. The molecule has 0 bridgehead atoms. The number of halogens is 1. The van der Waals surface area contributed by atoms with Crippen molar-refractivity contribution in [3.05, 3.63) is 46.2 Å². The minimum atomic E-state index is -0.479. The van der Waals surface area contributed by atoms with Gasteiger partial charge in [-0.05, 0) is 49.4 Å². The van der Waals surface area contributed by atoms with Crippen LogP contribution in [0.15, 0.2) is 24.4 Å². The summed E-state index contributed by atoms with van der Waals surface area (Å²) in [6.45, 7) is 2.17. The van der Waals surface area contributed by atoms with E-state index in [4.69, 9.17) is 21.7 Å². The van der Waals surface area contributed by atoms with E-state index in [2.05, 4.69) is 10.3 Å². The molecule has 3 aromatic rings. The van der Waals surface area contributed by atoms with Crippen molar-refractivity contribution in [3.63, 3.8) is 0 Å². The molecule has 0 spiro atoms. The third kappa shape index (κ3) is 4.01. The summed E-state index contributed by atoms with van der Waals surface area (Å²) in [4.78, 5) is 33.8. The Morgan fingerprint density at radius 3 is 2.84 bits per heavy atom. The van der Waals surface area contributed by atoms with Crippen LogP contribution in [0, 0.1) is 0 Å². The van der Waals surface area contributed by atoms with Crippen LogP contribution in [0.4, 0.5) is 5.95 Å². The molecule has 0 saturated heterocycles. The van der Waals surface area contributed by atoms with Crippen molar-refractivity contribution in [1.82, 2.24) is 19.7 Å². The van der Waals surface area contributed by atoms with Gasteiger partial charge in [-0.3, -0.25) is 9.48 Å². The fraction of sp³-hybridized carbons (Fsp3) is 0.458. The summed E-state index contributed by atoms with van der Waals surface area (Å²) in [6.07, 6.45) is 8.21. The smallest absolute Gasteiger partial charge is 0.225 e. The maximum atomic E-state index is 13.1. The molecule has 0 aliphatic heterocycles. The van der Waals surface area contributed by atoms with Gasteiger partial charge < -0.3 is 10.1 Å². The van der Waals surface area contributed by atoms with Gasteiger partial charge in [-0.1, -0.05) is 30.5 Å². The lowest BCUT2D eigenvalue weighted by Crippen LogP contribution is -2.14. The molecule has 1 aromatic carbocycles. The molecule has 1 fully saturated rings. The molecule has 1 N–H and O–H groups in total. The molecule has 8 heteroatoms. The van der Waals surface area contributed by atoms with Crippen LogP contribution in [0.25, 0.3) is 11.0 Å². The van der Waals surface area contributed by atoms with Crippen LogP contribution in [0.1, 0.15) is 74.2 Å². The van der Waals surface area contributed by atoms with Gasteiger partial charge in [0.25, 0.3) is 0 Å². The Kier molecular flexibility index (Phi) is 5.67. The first kappa shape index (κ1) is 21.1. The van der Waals surface area contributed by atoms with Crippen LogP contribution in [0.2, 0.25) is 5.02 Å². The van der Waals surface area contributed by atoms with Crippen LogP contribution < -0.4 is 5.32 Å². The molecule has 2 aliphatic rings. The lowest BCUT2D eigenvalue weighted by atomic mass is 9.95. The summed E-state index contributed by atoms with van der Waals surface area (Å²) in [6, 6.07) is 6.00. The minimum Gasteiger partial charge on any atom is -0.354 e. The average molecular weight is 452 g/mol. The Labute approximate surface area is 191 Å². The number of hydrogen-bond donors (Lipinski definition) is 1. The highest BCUT2D eigenvalue weighted by Gasteiger charge is 2.35. The third-order valence-electron chi connectivity index (χ3n) is 6.49. The highest BCUT2D eigenvalue weighted by Crippen LogP contribution is 2.39. The average Bonchev–Trinajstić information content (AvgIpc) is 3.48. The van der Waals surface area contributed by atoms with E-state index >= 15 is 0 Å². The van der Waals surface area contributed by atoms with Crippen molar-refractivity contribution in [3.8, 4) is 0 Å². The van der Waals surface area contributed by atoms with E-state index in [1.165, 1.54) is 12.8 Å². The fourth-order valence-corrected chi connectivity index (χ4v) is 5.08. The number of carbonyl (C=O) groups excluding carboxylic acids is 2. The summed E-state index contributed by atoms with van der Waals surface area (Å²) in [7, 11) is 0. The van der Waals surface area contributed by atoms with Gasteiger partial charge in [-0.15, -0.1) is 0 Å². The van der Waals surface area contributed by atoms with Gasteiger partial charge in [0.15, 0.2) is 11.4 Å². The van der Waals surface area contributed by atoms with Gasteiger partial charge in [0.05, 0.1) is 23.0 Å². The molecule has 2 aromatic heterocycles. The lowest BCUT2D eigenvalue weighted by molar-refractivity contribution is -0.118. The molecule has 5 rings (SSSR count). The van der Waals surface area contributed by atoms with Crippen molar-refractivity contribution < 1.29 is 9.59 Å². The number of Topliss-reactive ketones (excluding diaryl/α,β-unsaturated/α-hetero) is 2. The highest BCUT2D eigenvalue weighted by molar-refractivity contribution is 6.30. The van der Waals surface area contributed by atoms with E-state index in [1.807, 2.05) is 29.1 Å². The summed E-state index contributed by atoms with van der Waals surface area (Å²) in [5.74, 6) is 0.229. The Morgan fingerprint density at radius 1 is 1.25 bits per heavy atom. The maximum absolute atomic E-state index is 13.1. The van der Waals surface area contributed by atoms with Crippen LogP contribution >= 0.6 is 11.6 Å². The Hall–Kier alpha value is -2.80. The van der Waals surface area contributed by atoms with E-state index in [1.54, 1.807) is 6.92 Å². The molecule has 0 radical (unpaired) electrons. The second kappa shape index (κ2) is 8.62. The normalized spacial score (nSPS) is 18.4. The standard InChI is InChI=1S/C24H26ClN5O2/c1-14(31)5-4-10-26-24-27-22(21-18-12-16(25)9-8-15(18)11-20(21)32)19-13-30(29-23(19)28-24)17-6-2-3-7-17/h8-9,12-13,17,21H,2-7,10-11H2,1H3,(H,26,28,29). The Morgan fingerprint density at radius 2 is 2.06 bits per heavy atom. The number of rotatable bonds is 7. The number of ketones is 2. The number of fused-ring (bicyclic) bond motifs is 2. The highest BCUT2D eigenvalue weighted by atomic mass is 35.5. The van der Waals surface area contributed by atoms with Crippen LogP contribution in [-0.4, -0.2) is 37.9 Å². The van der Waals surface area contributed by atoms with E-state index in [9.17, 15) is 9.59 Å². The van der Waals surface area contributed by atoms with Gasteiger partial charge in [0.1, 0.15) is 5.78 Å². The molecular weight excluding hydrogens is 426 g/mol. The van der Waals surface area contributed by atoms with Crippen molar-refractivity contribution >= 4 is 40.1 Å². The Balaban J connectivity index is 1.57. The van der Waals surface area contributed by atoms with E-state index in [-0.39, 0.29) is 11.6 Å². The zero-order chi connectivity index (χ0) is 22.2. The van der Waals surface area contributed by atoms with Crippen LogP contribution in [-0.2, 0) is 16.0 Å². The number of hydrogen-bond acceptors (Lipinski definition) is 6. The fourth-order valence-electron chi connectivity index (χ4n) is 4.90. The second-order valence-electron chi connectivity index (χ2n) is 8.87. The molecule has 0 amide bonds. The first-order valence-corrected chi connectivity index (χ1v) is 11.7. The van der Waals surface area contributed by atoms with Crippen LogP contribution in [0.5, 0.6) is 0 Å². The molecule has 32 heavy (non-hydrogen) atoms.